The minimum absolute atomic E-state index is 0.0199. The molecule has 1 atom stereocenters. The Labute approximate surface area is 184 Å². The molecule has 1 fully saturated rings. The van der Waals surface area contributed by atoms with Crippen molar-refractivity contribution >= 4 is 5.91 Å². The third-order valence-corrected chi connectivity index (χ3v) is 5.95. The second-order valence-electron chi connectivity index (χ2n) is 8.33. The van der Waals surface area contributed by atoms with Gasteiger partial charge in [-0.1, -0.05) is 36.8 Å². The van der Waals surface area contributed by atoms with Gasteiger partial charge in [0.05, 0.1) is 18.2 Å². The van der Waals surface area contributed by atoms with Crippen LogP contribution in [0.4, 0.5) is 0 Å². The van der Waals surface area contributed by atoms with Gasteiger partial charge in [-0.2, -0.15) is 0 Å². The Kier molecular flexibility index (Phi) is 6.70. The van der Waals surface area contributed by atoms with Gasteiger partial charge in [0, 0.05) is 37.1 Å². The van der Waals surface area contributed by atoms with E-state index in [9.17, 15) is 4.79 Å². The van der Waals surface area contributed by atoms with E-state index in [2.05, 4.69) is 48.1 Å². The summed E-state index contributed by atoms with van der Waals surface area (Å²) in [4.78, 5) is 29.2. The zero-order valence-corrected chi connectivity index (χ0v) is 18.4. The molecule has 3 aromatic rings. The number of hydrogen-bond donors (Lipinski definition) is 0. The van der Waals surface area contributed by atoms with E-state index in [-0.39, 0.29) is 11.9 Å². The number of nitrogens with zero attached hydrogens (tertiary/aromatic N) is 4. The van der Waals surface area contributed by atoms with Crippen LogP contribution >= 0.6 is 0 Å². The van der Waals surface area contributed by atoms with Crippen LogP contribution in [0.1, 0.15) is 61.3 Å². The maximum atomic E-state index is 13.4. The van der Waals surface area contributed by atoms with Crippen LogP contribution in [0.15, 0.2) is 55.0 Å². The summed E-state index contributed by atoms with van der Waals surface area (Å²) in [6.07, 6.45) is 10.8. The molecule has 0 spiro atoms. The van der Waals surface area contributed by atoms with E-state index in [1.54, 1.807) is 12.4 Å². The smallest absolute Gasteiger partial charge is 0.227 e. The van der Waals surface area contributed by atoms with Crippen molar-refractivity contribution in [2.75, 3.05) is 6.54 Å². The lowest BCUT2D eigenvalue weighted by Crippen LogP contribution is -2.40. The molecular weight excluding hydrogens is 384 g/mol. The maximum absolute atomic E-state index is 13.4. The van der Waals surface area contributed by atoms with Gasteiger partial charge in [0.15, 0.2) is 0 Å². The number of aryl methyl sites for hydroxylation is 2. The van der Waals surface area contributed by atoms with Gasteiger partial charge in [0.1, 0.15) is 5.82 Å². The number of benzene rings is 1. The molecule has 0 radical (unpaired) electrons. The number of carbonyl (C=O) groups is 1. The van der Waals surface area contributed by atoms with E-state index in [1.807, 2.05) is 23.2 Å². The highest BCUT2D eigenvalue weighted by molar-refractivity contribution is 5.80. The number of aromatic nitrogens is 3. The van der Waals surface area contributed by atoms with E-state index >= 15 is 0 Å². The zero-order chi connectivity index (χ0) is 21.6. The van der Waals surface area contributed by atoms with Gasteiger partial charge < -0.3 is 4.90 Å². The third kappa shape index (κ3) is 4.98. The summed E-state index contributed by atoms with van der Waals surface area (Å²) in [5.74, 6) is 1.02. The Morgan fingerprint density at radius 3 is 2.61 bits per heavy atom. The molecule has 31 heavy (non-hydrogen) atoms. The lowest BCUT2D eigenvalue weighted by molar-refractivity contribution is -0.134. The lowest BCUT2D eigenvalue weighted by Gasteiger charge is -2.36. The Hall–Kier alpha value is -3.08. The number of rotatable bonds is 6. The fourth-order valence-electron chi connectivity index (χ4n) is 4.28. The number of likely N-dealkylation sites (tertiary alicyclic amines) is 1. The Morgan fingerprint density at radius 2 is 1.87 bits per heavy atom. The van der Waals surface area contributed by atoms with Crippen LogP contribution in [-0.2, 0) is 17.6 Å². The molecule has 0 aliphatic carbocycles. The SMILES string of the molecule is CCCc1ncc(-c2ccncc2)c(C2CCCCN2C(=O)Cc2ccc(C)cc2)n1. The summed E-state index contributed by atoms with van der Waals surface area (Å²) in [6, 6.07) is 12.2. The summed E-state index contributed by atoms with van der Waals surface area (Å²) >= 11 is 0. The highest BCUT2D eigenvalue weighted by Gasteiger charge is 2.31. The molecule has 1 amide bonds. The summed E-state index contributed by atoms with van der Waals surface area (Å²) in [6.45, 7) is 4.98. The van der Waals surface area contributed by atoms with Gasteiger partial charge in [-0.3, -0.25) is 9.78 Å². The number of amides is 1. The molecule has 3 heterocycles. The predicted molar refractivity (Wildman–Crippen MR) is 122 cm³/mol. The molecule has 1 aliphatic rings. The second-order valence-corrected chi connectivity index (χ2v) is 8.33. The quantitative estimate of drug-likeness (QED) is 0.563. The van der Waals surface area contributed by atoms with Gasteiger partial charge in [-0.15, -0.1) is 0 Å². The Balaban J connectivity index is 1.68. The highest BCUT2D eigenvalue weighted by Crippen LogP contribution is 2.36. The molecule has 0 N–H and O–H groups in total. The highest BCUT2D eigenvalue weighted by atomic mass is 16.2. The van der Waals surface area contributed by atoms with Crippen molar-refractivity contribution in [2.45, 2.75) is 58.4 Å². The largest absolute Gasteiger partial charge is 0.334 e. The van der Waals surface area contributed by atoms with Gasteiger partial charge in [-0.05, 0) is 55.9 Å². The standard InChI is InChI=1S/C26H30N4O/c1-3-6-24-28-18-22(21-12-14-27-15-13-21)26(29-24)23-7-4-5-16-30(23)25(31)17-20-10-8-19(2)9-11-20/h8-15,18,23H,3-7,16-17H2,1-2H3. The molecule has 0 bridgehead atoms. The molecule has 4 rings (SSSR count). The van der Waals surface area contributed by atoms with Crippen LogP contribution in [0, 0.1) is 6.92 Å². The first-order valence-corrected chi connectivity index (χ1v) is 11.3. The average molecular weight is 415 g/mol. The van der Waals surface area contributed by atoms with Crippen molar-refractivity contribution in [3.8, 4) is 11.1 Å². The van der Waals surface area contributed by atoms with E-state index in [1.165, 1.54) is 5.56 Å². The molecule has 1 saturated heterocycles. The molecule has 2 aromatic heterocycles. The van der Waals surface area contributed by atoms with Crippen molar-refractivity contribution in [1.29, 1.82) is 0 Å². The topological polar surface area (TPSA) is 59.0 Å². The van der Waals surface area contributed by atoms with Gasteiger partial charge >= 0.3 is 0 Å². The van der Waals surface area contributed by atoms with E-state index in [4.69, 9.17) is 4.98 Å². The molecule has 1 unspecified atom stereocenters. The first-order chi connectivity index (χ1) is 15.2. The number of hydrogen-bond acceptors (Lipinski definition) is 4. The first kappa shape index (κ1) is 21.2. The van der Waals surface area contributed by atoms with E-state index < -0.39 is 0 Å². The number of carbonyl (C=O) groups excluding carboxylic acids is 1. The minimum atomic E-state index is -0.0199. The summed E-state index contributed by atoms with van der Waals surface area (Å²) in [5.41, 5.74) is 5.29. The zero-order valence-electron chi connectivity index (χ0n) is 18.4. The Bertz CT molecular complexity index is 1020. The third-order valence-electron chi connectivity index (χ3n) is 5.95. The Morgan fingerprint density at radius 1 is 1.10 bits per heavy atom. The van der Waals surface area contributed by atoms with Crippen molar-refractivity contribution in [3.63, 3.8) is 0 Å². The monoisotopic (exact) mass is 414 g/mol. The average Bonchev–Trinajstić information content (AvgIpc) is 2.81. The fraction of sp³-hybridized carbons (Fsp3) is 0.385. The predicted octanol–water partition coefficient (Wildman–Crippen LogP) is 5.10. The van der Waals surface area contributed by atoms with Crippen LogP contribution in [0.3, 0.4) is 0 Å². The van der Waals surface area contributed by atoms with Crippen LogP contribution in [0.2, 0.25) is 0 Å². The number of pyridine rings is 1. The van der Waals surface area contributed by atoms with Gasteiger partial charge in [-0.25, -0.2) is 9.97 Å². The normalized spacial score (nSPS) is 16.3. The van der Waals surface area contributed by atoms with Crippen LogP contribution < -0.4 is 0 Å². The summed E-state index contributed by atoms with van der Waals surface area (Å²) in [5, 5.41) is 0. The molecular formula is C26H30N4O. The minimum Gasteiger partial charge on any atom is -0.334 e. The van der Waals surface area contributed by atoms with Crippen molar-refractivity contribution in [3.05, 3.63) is 77.6 Å². The van der Waals surface area contributed by atoms with E-state index in [0.717, 1.165) is 66.9 Å². The first-order valence-electron chi connectivity index (χ1n) is 11.3. The lowest BCUT2D eigenvalue weighted by atomic mass is 9.93. The van der Waals surface area contributed by atoms with E-state index in [0.29, 0.717) is 6.42 Å². The summed E-state index contributed by atoms with van der Waals surface area (Å²) in [7, 11) is 0. The van der Waals surface area contributed by atoms with Crippen LogP contribution in [-0.4, -0.2) is 32.3 Å². The number of piperidine rings is 1. The van der Waals surface area contributed by atoms with Crippen molar-refractivity contribution < 1.29 is 4.79 Å². The second kappa shape index (κ2) is 9.82. The molecule has 1 aromatic carbocycles. The molecule has 0 saturated carbocycles. The summed E-state index contributed by atoms with van der Waals surface area (Å²) < 4.78 is 0. The van der Waals surface area contributed by atoms with Gasteiger partial charge in [0.25, 0.3) is 0 Å². The maximum Gasteiger partial charge on any atom is 0.227 e. The molecule has 1 aliphatic heterocycles. The fourth-order valence-corrected chi connectivity index (χ4v) is 4.28. The molecule has 5 nitrogen and oxygen atoms in total. The van der Waals surface area contributed by atoms with Crippen molar-refractivity contribution in [1.82, 2.24) is 19.9 Å². The van der Waals surface area contributed by atoms with Crippen molar-refractivity contribution in [2.24, 2.45) is 0 Å². The van der Waals surface area contributed by atoms with Crippen LogP contribution in [0.5, 0.6) is 0 Å². The van der Waals surface area contributed by atoms with Crippen LogP contribution in [0.25, 0.3) is 11.1 Å². The molecule has 160 valence electrons. The molecule has 5 heteroatoms. The van der Waals surface area contributed by atoms with Gasteiger partial charge in [0.2, 0.25) is 5.91 Å².